The molecule has 2 aliphatic heterocycles. The van der Waals surface area contributed by atoms with Crippen LogP contribution in [0.15, 0.2) is 36.4 Å². The van der Waals surface area contributed by atoms with Crippen molar-refractivity contribution in [1.29, 1.82) is 0 Å². The Hall–Kier alpha value is -2.44. The Balaban J connectivity index is 1.40. The summed E-state index contributed by atoms with van der Waals surface area (Å²) in [6.45, 7) is 2.74. The third kappa shape index (κ3) is 3.88. The zero-order chi connectivity index (χ0) is 19.7. The highest BCUT2D eigenvalue weighted by Crippen LogP contribution is 2.39. The summed E-state index contributed by atoms with van der Waals surface area (Å²) in [5, 5.41) is 43.2. The van der Waals surface area contributed by atoms with Crippen LogP contribution in [0.2, 0.25) is 0 Å². The van der Waals surface area contributed by atoms with E-state index in [1.165, 1.54) is 12.1 Å². The minimum atomic E-state index is 0.0870. The second kappa shape index (κ2) is 7.89. The molecule has 0 aliphatic carbocycles. The fraction of sp³-hybridized carbons (Fsp3) is 0.455. The van der Waals surface area contributed by atoms with E-state index in [2.05, 4.69) is 10.2 Å². The Kier molecular flexibility index (Phi) is 5.33. The first kappa shape index (κ1) is 18.9. The van der Waals surface area contributed by atoms with Gasteiger partial charge in [-0.25, -0.2) is 0 Å². The van der Waals surface area contributed by atoms with Crippen molar-refractivity contribution in [2.24, 2.45) is 0 Å². The van der Waals surface area contributed by atoms with Crippen molar-refractivity contribution in [2.75, 3.05) is 19.6 Å². The van der Waals surface area contributed by atoms with E-state index in [-0.39, 0.29) is 41.0 Å². The Morgan fingerprint density at radius 2 is 1.46 bits per heavy atom. The minimum absolute atomic E-state index is 0.0870. The van der Waals surface area contributed by atoms with Gasteiger partial charge in [0, 0.05) is 24.7 Å². The lowest BCUT2D eigenvalue weighted by Gasteiger charge is -2.42. The van der Waals surface area contributed by atoms with E-state index in [4.69, 9.17) is 0 Å². The van der Waals surface area contributed by atoms with Gasteiger partial charge in [0.2, 0.25) is 0 Å². The van der Waals surface area contributed by atoms with Gasteiger partial charge in [-0.3, -0.25) is 4.90 Å². The first-order chi connectivity index (χ1) is 13.5. The van der Waals surface area contributed by atoms with Gasteiger partial charge in [0.25, 0.3) is 0 Å². The summed E-state index contributed by atoms with van der Waals surface area (Å²) in [6, 6.07) is 9.64. The topological polar surface area (TPSA) is 96.2 Å². The van der Waals surface area contributed by atoms with Crippen LogP contribution in [-0.4, -0.2) is 51.1 Å². The second-order valence-corrected chi connectivity index (χ2v) is 7.99. The lowest BCUT2D eigenvalue weighted by molar-refractivity contribution is 0.0987. The van der Waals surface area contributed by atoms with Crippen LogP contribution in [0, 0.1) is 0 Å². The van der Waals surface area contributed by atoms with E-state index in [0.29, 0.717) is 0 Å². The molecule has 0 saturated carbocycles. The molecule has 0 amide bonds. The van der Waals surface area contributed by atoms with E-state index in [1.807, 2.05) is 6.07 Å². The summed E-state index contributed by atoms with van der Waals surface area (Å²) < 4.78 is 0. The molecule has 2 saturated heterocycles. The predicted molar refractivity (Wildman–Crippen MR) is 107 cm³/mol. The molecule has 0 bridgehead atoms. The average molecular weight is 384 g/mol. The number of nitrogens with one attached hydrogen (secondary N) is 1. The highest BCUT2D eigenvalue weighted by Gasteiger charge is 2.32. The number of rotatable bonds is 3. The first-order valence-corrected chi connectivity index (χ1v) is 10.0. The molecule has 2 aromatic carbocycles. The number of hydrogen-bond donors (Lipinski definition) is 5. The van der Waals surface area contributed by atoms with Crippen LogP contribution in [0.3, 0.4) is 0 Å². The maximum atomic E-state index is 10.2. The van der Waals surface area contributed by atoms with Gasteiger partial charge < -0.3 is 25.7 Å². The molecule has 5 N–H and O–H groups in total. The van der Waals surface area contributed by atoms with Gasteiger partial charge in [0.05, 0.1) is 6.17 Å². The molecule has 28 heavy (non-hydrogen) atoms. The van der Waals surface area contributed by atoms with Crippen LogP contribution in [0.1, 0.15) is 48.6 Å². The molecule has 0 aromatic heterocycles. The summed E-state index contributed by atoms with van der Waals surface area (Å²) in [5.74, 6) is 1.23. The smallest absolute Gasteiger partial charge is 0.122 e. The van der Waals surface area contributed by atoms with Crippen molar-refractivity contribution in [3.05, 3.63) is 47.5 Å². The number of nitrogens with zero attached hydrogens (tertiary/aromatic N) is 1. The molecule has 2 atom stereocenters. The van der Waals surface area contributed by atoms with E-state index in [0.717, 1.165) is 56.4 Å². The van der Waals surface area contributed by atoms with Gasteiger partial charge in [-0.05, 0) is 73.9 Å². The van der Waals surface area contributed by atoms with Crippen molar-refractivity contribution in [3.8, 4) is 23.0 Å². The fourth-order valence-corrected chi connectivity index (χ4v) is 4.72. The van der Waals surface area contributed by atoms with Gasteiger partial charge in [-0.2, -0.15) is 0 Å². The number of phenolic OH excluding ortho intramolecular Hbond substituents is 4. The number of aromatic hydroxyl groups is 4. The maximum Gasteiger partial charge on any atom is 0.122 e. The minimum Gasteiger partial charge on any atom is -0.508 e. The van der Waals surface area contributed by atoms with Crippen molar-refractivity contribution in [3.63, 3.8) is 0 Å². The summed E-state index contributed by atoms with van der Waals surface area (Å²) in [6.07, 6.45) is 4.00. The molecular weight excluding hydrogens is 356 g/mol. The van der Waals surface area contributed by atoms with Crippen molar-refractivity contribution >= 4 is 0 Å². The number of hydrogen-bond acceptors (Lipinski definition) is 6. The lowest BCUT2D eigenvalue weighted by Crippen LogP contribution is -2.52. The molecule has 2 fully saturated rings. The predicted octanol–water partition coefficient (Wildman–Crippen LogP) is 3.18. The Labute approximate surface area is 165 Å². The summed E-state index contributed by atoms with van der Waals surface area (Å²) >= 11 is 0. The largest absolute Gasteiger partial charge is 0.508 e. The summed E-state index contributed by atoms with van der Waals surface area (Å²) in [7, 11) is 0. The standard InChI is InChI=1S/C22H28N2O4/c25-16-2-4-20(27)19(12-16)14-6-9-24(10-7-14)22-11-15(5-8-23-22)18-3-1-17(26)13-21(18)28/h1-4,12-15,22-23,25-28H,5-11H2. The average Bonchev–Trinajstić information content (AvgIpc) is 2.70. The molecule has 2 aliphatic rings. The Morgan fingerprint density at radius 1 is 0.750 bits per heavy atom. The van der Waals surface area contributed by atoms with Crippen molar-refractivity contribution < 1.29 is 20.4 Å². The quantitative estimate of drug-likeness (QED) is 0.522. The van der Waals surface area contributed by atoms with Crippen molar-refractivity contribution in [1.82, 2.24) is 10.2 Å². The molecular formula is C22H28N2O4. The highest BCUT2D eigenvalue weighted by molar-refractivity contribution is 5.42. The first-order valence-electron chi connectivity index (χ1n) is 10.0. The van der Waals surface area contributed by atoms with Crippen LogP contribution in [0.4, 0.5) is 0 Å². The van der Waals surface area contributed by atoms with E-state index in [1.54, 1.807) is 18.2 Å². The van der Waals surface area contributed by atoms with Crippen LogP contribution < -0.4 is 5.32 Å². The second-order valence-electron chi connectivity index (χ2n) is 7.99. The summed E-state index contributed by atoms with van der Waals surface area (Å²) in [4.78, 5) is 2.44. The molecule has 2 aromatic rings. The van der Waals surface area contributed by atoms with Gasteiger partial charge in [0.15, 0.2) is 0 Å². The van der Waals surface area contributed by atoms with Gasteiger partial charge in [-0.1, -0.05) is 6.07 Å². The molecule has 6 nitrogen and oxygen atoms in total. The van der Waals surface area contributed by atoms with Crippen LogP contribution in [-0.2, 0) is 0 Å². The van der Waals surface area contributed by atoms with E-state index in [9.17, 15) is 20.4 Å². The number of piperidine rings is 2. The zero-order valence-corrected chi connectivity index (χ0v) is 15.9. The monoisotopic (exact) mass is 384 g/mol. The lowest BCUT2D eigenvalue weighted by atomic mass is 9.85. The molecule has 0 spiro atoms. The molecule has 150 valence electrons. The molecule has 4 rings (SSSR count). The van der Waals surface area contributed by atoms with Crippen molar-refractivity contribution in [2.45, 2.75) is 43.7 Å². The zero-order valence-electron chi connectivity index (χ0n) is 15.9. The molecule has 0 radical (unpaired) electrons. The van der Waals surface area contributed by atoms with Gasteiger partial charge in [0.1, 0.15) is 23.0 Å². The Morgan fingerprint density at radius 3 is 2.21 bits per heavy atom. The number of benzene rings is 2. The third-order valence-corrected chi connectivity index (χ3v) is 6.26. The molecule has 2 unspecified atom stereocenters. The highest BCUT2D eigenvalue weighted by atomic mass is 16.3. The fourth-order valence-electron chi connectivity index (χ4n) is 4.72. The van der Waals surface area contributed by atoms with Crippen LogP contribution in [0.25, 0.3) is 0 Å². The van der Waals surface area contributed by atoms with E-state index < -0.39 is 0 Å². The normalized spacial score (nSPS) is 24.3. The number of likely N-dealkylation sites (tertiary alicyclic amines) is 1. The van der Waals surface area contributed by atoms with Crippen LogP contribution in [0.5, 0.6) is 23.0 Å². The van der Waals surface area contributed by atoms with Gasteiger partial charge >= 0.3 is 0 Å². The maximum absolute atomic E-state index is 10.2. The molecule has 2 heterocycles. The Bertz CT molecular complexity index is 833. The SMILES string of the molecule is Oc1ccc(C2CCNC(N3CCC(c4cc(O)ccc4O)CC3)C2)c(O)c1. The summed E-state index contributed by atoms with van der Waals surface area (Å²) in [5.41, 5.74) is 1.74. The van der Waals surface area contributed by atoms with Gasteiger partial charge in [-0.15, -0.1) is 0 Å². The molecule has 6 heteroatoms. The van der Waals surface area contributed by atoms with E-state index >= 15 is 0 Å². The van der Waals surface area contributed by atoms with Crippen LogP contribution >= 0.6 is 0 Å². The number of phenols is 4. The third-order valence-electron chi connectivity index (χ3n) is 6.26.